The Hall–Kier alpha value is -2.96. The SMILES string of the molecule is CNc1ccc(S(=O)(=O)N(C)Cc2ccccc2C#N)cc1[N+](=O)[O-]. The highest BCUT2D eigenvalue weighted by Crippen LogP contribution is 2.28. The molecule has 0 saturated heterocycles. The van der Waals surface area contributed by atoms with Gasteiger partial charge in [0.25, 0.3) is 5.69 Å². The van der Waals surface area contributed by atoms with Gasteiger partial charge < -0.3 is 5.32 Å². The molecule has 0 radical (unpaired) electrons. The van der Waals surface area contributed by atoms with Gasteiger partial charge >= 0.3 is 0 Å². The molecule has 0 atom stereocenters. The zero-order valence-electron chi connectivity index (χ0n) is 13.6. The first-order chi connectivity index (χ1) is 11.8. The fraction of sp³-hybridized carbons (Fsp3) is 0.188. The van der Waals surface area contributed by atoms with Crippen LogP contribution in [0.1, 0.15) is 11.1 Å². The number of anilines is 1. The smallest absolute Gasteiger partial charge is 0.293 e. The zero-order valence-corrected chi connectivity index (χ0v) is 14.4. The van der Waals surface area contributed by atoms with Crippen molar-refractivity contribution in [2.75, 3.05) is 19.4 Å². The van der Waals surface area contributed by atoms with Crippen LogP contribution in [0.2, 0.25) is 0 Å². The standard InChI is InChI=1S/C16H16N4O4S/c1-18-15-8-7-14(9-16(15)20(21)22)25(23,24)19(2)11-13-6-4-3-5-12(13)10-17/h3-9,18H,11H2,1-2H3. The Morgan fingerprint density at radius 3 is 2.56 bits per heavy atom. The van der Waals surface area contributed by atoms with Crippen LogP contribution in [0.3, 0.4) is 0 Å². The third-order valence-corrected chi connectivity index (χ3v) is 5.47. The normalized spacial score (nSPS) is 11.1. The highest BCUT2D eigenvalue weighted by atomic mass is 32.2. The number of hydrogen-bond donors (Lipinski definition) is 1. The lowest BCUT2D eigenvalue weighted by Gasteiger charge is -2.18. The van der Waals surface area contributed by atoms with Crippen LogP contribution in [-0.4, -0.2) is 31.7 Å². The topological polar surface area (TPSA) is 116 Å². The second-order valence-corrected chi connectivity index (χ2v) is 7.26. The fourth-order valence-electron chi connectivity index (χ4n) is 2.31. The van der Waals surface area contributed by atoms with E-state index in [4.69, 9.17) is 5.26 Å². The lowest BCUT2D eigenvalue weighted by Crippen LogP contribution is -2.27. The largest absolute Gasteiger partial charge is 0.383 e. The van der Waals surface area contributed by atoms with Crippen LogP contribution in [0, 0.1) is 21.4 Å². The van der Waals surface area contributed by atoms with Crippen molar-refractivity contribution in [3.8, 4) is 6.07 Å². The number of nitrogens with one attached hydrogen (secondary N) is 1. The summed E-state index contributed by atoms with van der Waals surface area (Å²) in [5.74, 6) is 0. The third-order valence-electron chi connectivity index (χ3n) is 3.67. The minimum Gasteiger partial charge on any atom is -0.383 e. The lowest BCUT2D eigenvalue weighted by atomic mass is 10.1. The molecule has 8 nitrogen and oxygen atoms in total. The molecule has 130 valence electrons. The highest BCUT2D eigenvalue weighted by molar-refractivity contribution is 7.89. The van der Waals surface area contributed by atoms with Crippen molar-refractivity contribution in [3.63, 3.8) is 0 Å². The van der Waals surface area contributed by atoms with Crippen LogP contribution >= 0.6 is 0 Å². The fourth-order valence-corrected chi connectivity index (χ4v) is 3.48. The van der Waals surface area contributed by atoms with Gasteiger partial charge in [0.05, 0.1) is 21.5 Å². The number of nitrogens with zero attached hydrogens (tertiary/aromatic N) is 3. The molecule has 0 saturated carbocycles. The average Bonchev–Trinajstić information content (AvgIpc) is 2.61. The molecule has 0 amide bonds. The van der Waals surface area contributed by atoms with Crippen molar-refractivity contribution in [1.29, 1.82) is 5.26 Å². The van der Waals surface area contributed by atoms with Crippen molar-refractivity contribution < 1.29 is 13.3 Å². The minimum atomic E-state index is -3.95. The maximum absolute atomic E-state index is 12.7. The van der Waals surface area contributed by atoms with Gasteiger partial charge in [0.1, 0.15) is 5.69 Å². The molecule has 2 rings (SSSR count). The summed E-state index contributed by atoms with van der Waals surface area (Å²) >= 11 is 0. The lowest BCUT2D eigenvalue weighted by molar-refractivity contribution is -0.384. The molecule has 2 aromatic carbocycles. The Kier molecular flexibility index (Phi) is 5.36. The van der Waals surface area contributed by atoms with E-state index in [2.05, 4.69) is 5.32 Å². The van der Waals surface area contributed by atoms with Gasteiger partial charge in [0.15, 0.2) is 0 Å². The minimum absolute atomic E-state index is 0.0202. The van der Waals surface area contributed by atoms with Crippen LogP contribution in [0.4, 0.5) is 11.4 Å². The summed E-state index contributed by atoms with van der Waals surface area (Å²) in [6, 6.07) is 12.4. The molecule has 0 aliphatic carbocycles. The second-order valence-electron chi connectivity index (χ2n) is 5.22. The van der Waals surface area contributed by atoms with E-state index in [9.17, 15) is 18.5 Å². The Labute approximate surface area is 145 Å². The van der Waals surface area contributed by atoms with E-state index in [0.717, 1.165) is 10.4 Å². The molecule has 0 aliphatic rings. The van der Waals surface area contributed by atoms with Crippen LogP contribution in [0.25, 0.3) is 0 Å². The molecule has 1 N–H and O–H groups in total. The number of hydrogen-bond acceptors (Lipinski definition) is 6. The Bertz CT molecular complexity index is 951. The molecule has 25 heavy (non-hydrogen) atoms. The number of rotatable bonds is 6. The number of sulfonamides is 1. The summed E-state index contributed by atoms with van der Waals surface area (Å²) in [5, 5.41) is 22.9. The number of benzene rings is 2. The summed E-state index contributed by atoms with van der Waals surface area (Å²) in [7, 11) is -1.07. The van der Waals surface area contributed by atoms with Crippen molar-refractivity contribution in [2.24, 2.45) is 0 Å². The maximum atomic E-state index is 12.7. The van der Waals surface area contributed by atoms with Crippen LogP contribution in [0.15, 0.2) is 47.4 Å². The second kappa shape index (κ2) is 7.29. The summed E-state index contributed by atoms with van der Waals surface area (Å²) in [4.78, 5) is 10.3. The van der Waals surface area contributed by atoms with E-state index in [0.29, 0.717) is 11.1 Å². The van der Waals surface area contributed by atoms with Crippen LogP contribution < -0.4 is 5.32 Å². The summed E-state index contributed by atoms with van der Waals surface area (Å²) in [6.07, 6.45) is 0. The molecule has 0 aromatic heterocycles. The van der Waals surface area contributed by atoms with Gasteiger partial charge in [-0.25, -0.2) is 8.42 Å². The first-order valence-corrected chi connectivity index (χ1v) is 8.65. The quantitative estimate of drug-likeness (QED) is 0.624. The van der Waals surface area contributed by atoms with Crippen LogP contribution in [0.5, 0.6) is 0 Å². The van der Waals surface area contributed by atoms with E-state index in [1.54, 1.807) is 24.3 Å². The van der Waals surface area contributed by atoms with E-state index in [1.807, 2.05) is 6.07 Å². The van der Waals surface area contributed by atoms with Gasteiger partial charge in [-0.15, -0.1) is 0 Å². The van der Waals surface area contributed by atoms with Crippen molar-refractivity contribution in [1.82, 2.24) is 4.31 Å². The predicted molar refractivity (Wildman–Crippen MR) is 92.5 cm³/mol. The van der Waals surface area contributed by atoms with Crippen molar-refractivity contribution in [2.45, 2.75) is 11.4 Å². The Balaban J connectivity index is 2.40. The van der Waals surface area contributed by atoms with Gasteiger partial charge in [-0.05, 0) is 23.8 Å². The monoisotopic (exact) mass is 360 g/mol. The van der Waals surface area contributed by atoms with Crippen molar-refractivity contribution >= 4 is 21.4 Å². The van der Waals surface area contributed by atoms with Gasteiger partial charge in [-0.3, -0.25) is 10.1 Å². The Morgan fingerprint density at radius 1 is 1.28 bits per heavy atom. The molecule has 0 unspecified atom stereocenters. The molecule has 0 heterocycles. The number of nitro benzene ring substituents is 1. The predicted octanol–water partition coefficient (Wildman–Crippen LogP) is 2.33. The molecule has 0 bridgehead atoms. The van der Waals surface area contributed by atoms with Crippen LogP contribution in [-0.2, 0) is 16.6 Å². The van der Waals surface area contributed by atoms with E-state index < -0.39 is 14.9 Å². The summed E-state index contributed by atoms with van der Waals surface area (Å²) in [6.45, 7) is -0.0202. The first-order valence-electron chi connectivity index (χ1n) is 7.21. The maximum Gasteiger partial charge on any atom is 0.293 e. The molecular formula is C16H16N4O4S. The molecule has 2 aromatic rings. The van der Waals surface area contributed by atoms with E-state index in [-0.39, 0.29) is 22.8 Å². The summed E-state index contributed by atoms with van der Waals surface area (Å²) < 4.78 is 26.5. The highest BCUT2D eigenvalue weighted by Gasteiger charge is 2.25. The van der Waals surface area contributed by atoms with Gasteiger partial charge in [-0.1, -0.05) is 18.2 Å². The van der Waals surface area contributed by atoms with Crippen molar-refractivity contribution in [3.05, 3.63) is 63.7 Å². The van der Waals surface area contributed by atoms with E-state index in [1.165, 1.54) is 26.2 Å². The molecule has 0 spiro atoms. The molecular weight excluding hydrogens is 344 g/mol. The van der Waals surface area contributed by atoms with Gasteiger partial charge in [0, 0.05) is 26.7 Å². The zero-order chi connectivity index (χ0) is 18.6. The molecule has 0 aliphatic heterocycles. The van der Waals surface area contributed by atoms with Gasteiger partial charge in [-0.2, -0.15) is 9.57 Å². The molecule has 0 fully saturated rings. The third kappa shape index (κ3) is 3.76. The average molecular weight is 360 g/mol. The number of nitriles is 1. The molecule has 9 heteroatoms. The first kappa shape index (κ1) is 18.4. The van der Waals surface area contributed by atoms with Gasteiger partial charge in [0.2, 0.25) is 10.0 Å². The summed E-state index contributed by atoms with van der Waals surface area (Å²) in [5.41, 5.74) is 0.828. The van der Waals surface area contributed by atoms with E-state index >= 15 is 0 Å². The Morgan fingerprint density at radius 2 is 1.96 bits per heavy atom. The number of nitro groups is 1.